The minimum absolute atomic E-state index is 0.113. The van der Waals surface area contributed by atoms with Crippen molar-refractivity contribution in [2.75, 3.05) is 48.4 Å². The van der Waals surface area contributed by atoms with E-state index in [1.165, 1.54) is 11.8 Å². The number of amides is 1. The summed E-state index contributed by atoms with van der Waals surface area (Å²) in [5.41, 5.74) is 2.53. The number of nitriles is 1. The van der Waals surface area contributed by atoms with Crippen LogP contribution >= 0.6 is 23.4 Å². The molecule has 1 aliphatic rings. The minimum atomic E-state index is -0.113. The maximum atomic E-state index is 13.3. The Kier molecular flexibility index (Phi) is 8.06. The van der Waals surface area contributed by atoms with Gasteiger partial charge in [-0.3, -0.25) is 9.36 Å². The van der Waals surface area contributed by atoms with Crippen molar-refractivity contribution in [1.82, 2.24) is 14.8 Å². The van der Waals surface area contributed by atoms with Crippen molar-refractivity contribution < 1.29 is 9.53 Å². The van der Waals surface area contributed by atoms with Crippen LogP contribution in [-0.2, 0) is 9.53 Å². The van der Waals surface area contributed by atoms with Gasteiger partial charge in [-0.1, -0.05) is 41.6 Å². The third kappa shape index (κ3) is 5.53. The van der Waals surface area contributed by atoms with E-state index in [9.17, 15) is 4.79 Å². The standard InChI is InChI=1S/C24H25ClN6O2S/c1-18-16-20(8-9-21(18)25)30(11-5-10-26)22(32)17-34-24-28-27-23(29-12-14-33-15-13-29)31(24)19-6-3-2-4-7-19/h2-4,6-9,16H,5,11-15,17H2,1H3. The van der Waals surface area contributed by atoms with E-state index in [2.05, 4.69) is 21.2 Å². The molecule has 0 radical (unpaired) electrons. The first kappa shape index (κ1) is 24.1. The molecule has 1 aromatic heterocycles. The highest BCUT2D eigenvalue weighted by molar-refractivity contribution is 7.99. The lowest BCUT2D eigenvalue weighted by Crippen LogP contribution is -2.38. The number of hydrogen-bond donors (Lipinski definition) is 0. The molecule has 0 aliphatic carbocycles. The van der Waals surface area contributed by atoms with E-state index < -0.39 is 0 Å². The number of carbonyl (C=O) groups excluding carboxylic acids is 1. The van der Waals surface area contributed by atoms with Crippen molar-refractivity contribution in [3.05, 3.63) is 59.1 Å². The van der Waals surface area contributed by atoms with Gasteiger partial charge in [0.05, 0.1) is 37.1 Å². The fraction of sp³-hybridized carbons (Fsp3) is 0.333. The molecule has 1 saturated heterocycles. The van der Waals surface area contributed by atoms with Crippen LogP contribution in [0.4, 0.5) is 11.6 Å². The van der Waals surface area contributed by atoms with Crippen LogP contribution in [0.25, 0.3) is 5.69 Å². The molecule has 1 amide bonds. The number of anilines is 2. The zero-order chi connectivity index (χ0) is 23.9. The summed E-state index contributed by atoms with van der Waals surface area (Å²) in [5.74, 6) is 0.776. The van der Waals surface area contributed by atoms with Gasteiger partial charge in [0.25, 0.3) is 0 Å². The molecule has 0 unspecified atom stereocenters. The fourth-order valence-corrected chi connectivity index (χ4v) is 4.63. The molecule has 0 bridgehead atoms. The summed E-state index contributed by atoms with van der Waals surface area (Å²) in [6.07, 6.45) is 0.236. The molecular weight excluding hydrogens is 472 g/mol. The molecule has 3 aromatic rings. The van der Waals surface area contributed by atoms with Gasteiger partial charge in [0.15, 0.2) is 5.16 Å². The Morgan fingerprint density at radius 1 is 1.21 bits per heavy atom. The van der Waals surface area contributed by atoms with Crippen molar-refractivity contribution in [2.45, 2.75) is 18.5 Å². The lowest BCUT2D eigenvalue weighted by molar-refractivity contribution is -0.116. The Bertz CT molecular complexity index is 1170. The van der Waals surface area contributed by atoms with Crippen LogP contribution in [0.1, 0.15) is 12.0 Å². The molecule has 176 valence electrons. The number of ether oxygens (including phenoxy) is 1. The third-order valence-corrected chi connectivity index (χ3v) is 6.79. The number of carbonyl (C=O) groups is 1. The summed E-state index contributed by atoms with van der Waals surface area (Å²) in [6, 6.07) is 17.4. The molecule has 0 saturated carbocycles. The molecular formula is C24H25ClN6O2S. The van der Waals surface area contributed by atoms with Crippen LogP contribution < -0.4 is 9.80 Å². The molecule has 2 aromatic carbocycles. The second-order valence-corrected chi connectivity index (χ2v) is 9.08. The Morgan fingerprint density at radius 3 is 2.68 bits per heavy atom. The van der Waals surface area contributed by atoms with Gasteiger partial charge in [-0.05, 0) is 42.8 Å². The maximum absolute atomic E-state index is 13.3. The quantitative estimate of drug-likeness (QED) is 0.434. The average Bonchev–Trinajstić information content (AvgIpc) is 3.30. The number of para-hydroxylation sites is 1. The van der Waals surface area contributed by atoms with Crippen LogP contribution in [0.15, 0.2) is 53.7 Å². The van der Waals surface area contributed by atoms with Crippen molar-refractivity contribution in [1.29, 1.82) is 5.26 Å². The number of benzene rings is 2. The van der Waals surface area contributed by atoms with E-state index in [1.807, 2.05) is 47.9 Å². The molecule has 0 N–H and O–H groups in total. The Morgan fingerprint density at radius 2 is 1.97 bits per heavy atom. The summed E-state index contributed by atoms with van der Waals surface area (Å²) in [5, 5.41) is 19.2. The Labute approximate surface area is 208 Å². The molecule has 4 rings (SSSR count). The predicted molar refractivity (Wildman–Crippen MR) is 134 cm³/mol. The van der Waals surface area contributed by atoms with Crippen molar-refractivity contribution in [3.63, 3.8) is 0 Å². The number of halogens is 1. The molecule has 0 spiro atoms. The van der Waals surface area contributed by atoms with Crippen molar-refractivity contribution in [3.8, 4) is 11.8 Å². The third-order valence-electron chi connectivity index (χ3n) is 5.45. The van der Waals surface area contributed by atoms with Crippen molar-refractivity contribution in [2.24, 2.45) is 0 Å². The molecule has 0 atom stereocenters. The maximum Gasteiger partial charge on any atom is 0.237 e. The molecule has 34 heavy (non-hydrogen) atoms. The first-order valence-electron chi connectivity index (χ1n) is 11.0. The van der Waals surface area contributed by atoms with Gasteiger partial charge in [0.1, 0.15) is 0 Å². The largest absolute Gasteiger partial charge is 0.378 e. The normalized spacial score (nSPS) is 13.5. The minimum Gasteiger partial charge on any atom is -0.378 e. The number of aryl methyl sites for hydroxylation is 1. The Balaban J connectivity index is 1.57. The first-order chi connectivity index (χ1) is 16.6. The van der Waals surface area contributed by atoms with Gasteiger partial charge in [-0.2, -0.15) is 5.26 Å². The Hall–Kier alpha value is -3.06. The topological polar surface area (TPSA) is 87.3 Å². The van der Waals surface area contributed by atoms with Gasteiger partial charge in [-0.15, -0.1) is 10.2 Å². The monoisotopic (exact) mass is 496 g/mol. The summed E-state index contributed by atoms with van der Waals surface area (Å²) in [7, 11) is 0. The van der Waals surface area contributed by atoms with E-state index in [-0.39, 0.29) is 18.1 Å². The number of rotatable bonds is 8. The van der Waals surface area contributed by atoms with E-state index in [1.54, 1.807) is 17.0 Å². The number of nitrogens with zero attached hydrogens (tertiary/aromatic N) is 6. The van der Waals surface area contributed by atoms with Gasteiger partial charge in [-0.25, -0.2) is 0 Å². The molecule has 10 heteroatoms. The SMILES string of the molecule is Cc1cc(N(CCC#N)C(=O)CSc2nnc(N3CCOCC3)n2-c2ccccc2)ccc1Cl. The van der Waals surface area contributed by atoms with Gasteiger partial charge in [0.2, 0.25) is 11.9 Å². The van der Waals surface area contributed by atoms with E-state index in [4.69, 9.17) is 21.6 Å². The number of hydrogen-bond acceptors (Lipinski definition) is 7. The zero-order valence-electron chi connectivity index (χ0n) is 18.9. The van der Waals surface area contributed by atoms with Gasteiger partial charge < -0.3 is 14.5 Å². The predicted octanol–water partition coefficient (Wildman–Crippen LogP) is 4.10. The summed E-state index contributed by atoms with van der Waals surface area (Å²) in [4.78, 5) is 17.0. The number of aromatic nitrogens is 3. The lowest BCUT2D eigenvalue weighted by Gasteiger charge is -2.28. The molecule has 1 aliphatic heterocycles. The highest BCUT2D eigenvalue weighted by Crippen LogP contribution is 2.28. The summed E-state index contributed by atoms with van der Waals surface area (Å²) >= 11 is 7.49. The fourth-order valence-electron chi connectivity index (χ4n) is 3.69. The smallest absolute Gasteiger partial charge is 0.237 e. The number of morpholine rings is 1. The van der Waals surface area contributed by atoms with Crippen LogP contribution in [0.2, 0.25) is 5.02 Å². The highest BCUT2D eigenvalue weighted by atomic mass is 35.5. The second-order valence-electron chi connectivity index (χ2n) is 7.73. The number of thioether (sulfide) groups is 1. The lowest BCUT2D eigenvalue weighted by atomic mass is 10.2. The molecule has 2 heterocycles. The van der Waals surface area contributed by atoms with Crippen molar-refractivity contribution >= 4 is 40.9 Å². The van der Waals surface area contributed by atoms with Crippen LogP contribution in [0.5, 0.6) is 0 Å². The summed E-state index contributed by atoms with van der Waals surface area (Å²) < 4.78 is 7.46. The highest BCUT2D eigenvalue weighted by Gasteiger charge is 2.23. The molecule has 1 fully saturated rings. The van der Waals surface area contributed by atoms with E-state index >= 15 is 0 Å². The van der Waals surface area contributed by atoms with E-state index in [0.29, 0.717) is 29.9 Å². The average molecular weight is 497 g/mol. The van der Waals surface area contributed by atoms with Gasteiger partial charge in [0, 0.05) is 30.3 Å². The van der Waals surface area contributed by atoms with Gasteiger partial charge >= 0.3 is 0 Å². The zero-order valence-corrected chi connectivity index (χ0v) is 20.4. The second kappa shape index (κ2) is 11.4. The van der Waals surface area contributed by atoms with Crippen LogP contribution in [0.3, 0.4) is 0 Å². The summed E-state index contributed by atoms with van der Waals surface area (Å²) in [6.45, 7) is 4.93. The van der Waals surface area contributed by atoms with Crippen LogP contribution in [0, 0.1) is 18.3 Å². The molecule has 8 nitrogen and oxygen atoms in total. The first-order valence-corrected chi connectivity index (χ1v) is 12.3. The van der Waals surface area contributed by atoms with E-state index in [0.717, 1.165) is 36.0 Å². The van der Waals surface area contributed by atoms with Crippen LogP contribution in [-0.4, -0.2) is 59.3 Å².